The molecule has 1 aliphatic rings. The molecule has 0 N–H and O–H groups in total. The van der Waals surface area contributed by atoms with Crippen LogP contribution in [0.2, 0.25) is 0 Å². The molecule has 1 saturated carbocycles. The Labute approximate surface area is 59.1 Å². The summed E-state index contributed by atoms with van der Waals surface area (Å²) in [6.45, 7) is 0. The van der Waals surface area contributed by atoms with Crippen LogP contribution >= 0.6 is 11.6 Å². The van der Waals surface area contributed by atoms with E-state index in [1.165, 1.54) is 12.8 Å². The largest absolute Gasteiger partial charge is 0.449 e. The summed E-state index contributed by atoms with van der Waals surface area (Å²) in [7, 11) is 0. The van der Waals surface area contributed by atoms with Gasteiger partial charge in [-0.15, -0.1) is 0 Å². The summed E-state index contributed by atoms with van der Waals surface area (Å²) < 4.78 is 4.52. The number of esters is 1. The van der Waals surface area contributed by atoms with Gasteiger partial charge in [0.15, 0.2) is 6.07 Å². The third-order valence-corrected chi connectivity index (χ3v) is 1.48. The summed E-state index contributed by atoms with van der Waals surface area (Å²) in [6, 6.07) is -0.00838. The van der Waals surface area contributed by atoms with Crippen LogP contribution in [0, 0.1) is 5.92 Å². The topological polar surface area (TPSA) is 26.3 Å². The highest BCUT2D eigenvalue weighted by atomic mass is 35.5. The maximum absolute atomic E-state index is 10.6. The predicted molar refractivity (Wildman–Crippen MR) is 34.2 cm³/mol. The first-order chi connectivity index (χ1) is 4.33. The molecule has 0 aliphatic heterocycles. The molecule has 52 valence electrons. The van der Waals surface area contributed by atoms with Crippen LogP contribution in [0.3, 0.4) is 0 Å². The Hall–Kier alpha value is -0.240. The Balaban J connectivity index is 2.02. The zero-order chi connectivity index (χ0) is 6.69. The molecule has 0 saturated heterocycles. The van der Waals surface area contributed by atoms with Gasteiger partial charge in [-0.3, -0.25) is 4.79 Å². The van der Waals surface area contributed by atoms with Gasteiger partial charge in [0.2, 0.25) is 0 Å². The summed E-state index contributed by atoms with van der Waals surface area (Å²) in [6.07, 6.45) is 2.92. The quantitative estimate of drug-likeness (QED) is 0.448. The number of carbonyl (C=O) groups excluding carboxylic acids is 1. The first kappa shape index (κ1) is 6.87. The zero-order valence-electron chi connectivity index (χ0n) is 5.10. The number of alkyl halides is 1. The minimum Gasteiger partial charge on any atom is -0.449 e. The number of carbonyl (C=O) groups is 1. The molecule has 0 amide bonds. The fourth-order valence-electron chi connectivity index (χ4n) is 0.677. The van der Waals surface area contributed by atoms with Gasteiger partial charge in [-0.25, -0.2) is 0 Å². The summed E-state index contributed by atoms with van der Waals surface area (Å²) in [4.78, 5) is 10.6. The number of hydrogen-bond acceptors (Lipinski definition) is 2. The van der Waals surface area contributed by atoms with Crippen molar-refractivity contribution in [3.8, 4) is 0 Å². The SMILES string of the molecule is O=C(CC1CC1)OCCl. The van der Waals surface area contributed by atoms with Gasteiger partial charge >= 0.3 is 5.97 Å². The van der Waals surface area contributed by atoms with Crippen LogP contribution in [-0.4, -0.2) is 12.0 Å². The van der Waals surface area contributed by atoms with Crippen LogP contribution < -0.4 is 0 Å². The van der Waals surface area contributed by atoms with E-state index in [-0.39, 0.29) is 12.0 Å². The summed E-state index contributed by atoms with van der Waals surface area (Å²) in [5.41, 5.74) is 0. The second kappa shape index (κ2) is 3.06. The Morgan fingerprint density at radius 3 is 2.78 bits per heavy atom. The molecule has 0 spiro atoms. The smallest absolute Gasteiger partial charge is 0.307 e. The Morgan fingerprint density at radius 2 is 2.33 bits per heavy atom. The highest BCUT2D eigenvalue weighted by molar-refractivity contribution is 6.17. The number of hydrogen-bond donors (Lipinski definition) is 0. The summed E-state index contributed by atoms with van der Waals surface area (Å²) >= 11 is 5.16. The van der Waals surface area contributed by atoms with Crippen LogP contribution in [0.5, 0.6) is 0 Å². The number of rotatable bonds is 3. The lowest BCUT2D eigenvalue weighted by molar-refractivity contribution is -0.141. The zero-order valence-corrected chi connectivity index (χ0v) is 5.86. The summed E-state index contributed by atoms with van der Waals surface area (Å²) in [5, 5.41) is 0. The Bertz CT molecular complexity index is 110. The molecule has 1 rings (SSSR count). The van der Waals surface area contributed by atoms with Crippen molar-refractivity contribution in [2.45, 2.75) is 19.3 Å². The van der Waals surface area contributed by atoms with Crippen LogP contribution in [0.4, 0.5) is 0 Å². The van der Waals surface area contributed by atoms with Crippen LogP contribution in [-0.2, 0) is 9.53 Å². The van der Waals surface area contributed by atoms with Crippen molar-refractivity contribution in [3.63, 3.8) is 0 Å². The number of halogens is 1. The van der Waals surface area contributed by atoms with Gasteiger partial charge in [-0.05, 0) is 18.8 Å². The minimum atomic E-state index is -0.160. The first-order valence-corrected chi connectivity index (χ1v) is 3.58. The van der Waals surface area contributed by atoms with Crippen molar-refractivity contribution >= 4 is 17.6 Å². The Kier molecular flexibility index (Phi) is 2.34. The van der Waals surface area contributed by atoms with Gasteiger partial charge in [-0.2, -0.15) is 0 Å². The van der Waals surface area contributed by atoms with Gasteiger partial charge in [-0.1, -0.05) is 11.6 Å². The third kappa shape index (κ3) is 2.70. The Morgan fingerprint density at radius 1 is 1.67 bits per heavy atom. The van der Waals surface area contributed by atoms with E-state index in [4.69, 9.17) is 11.6 Å². The van der Waals surface area contributed by atoms with Crippen molar-refractivity contribution in [2.24, 2.45) is 5.92 Å². The van der Waals surface area contributed by atoms with E-state index in [2.05, 4.69) is 4.74 Å². The average Bonchev–Trinajstić information content (AvgIpc) is 2.50. The molecule has 2 nitrogen and oxygen atoms in total. The maximum Gasteiger partial charge on any atom is 0.307 e. The molecule has 0 bridgehead atoms. The molecule has 9 heavy (non-hydrogen) atoms. The van der Waals surface area contributed by atoms with E-state index >= 15 is 0 Å². The van der Waals surface area contributed by atoms with E-state index in [9.17, 15) is 4.79 Å². The monoisotopic (exact) mass is 148 g/mol. The van der Waals surface area contributed by atoms with Crippen molar-refractivity contribution in [1.82, 2.24) is 0 Å². The van der Waals surface area contributed by atoms with E-state index in [0.717, 1.165) is 0 Å². The molecule has 0 unspecified atom stereocenters. The van der Waals surface area contributed by atoms with Gasteiger partial charge < -0.3 is 4.74 Å². The number of ether oxygens (including phenoxy) is 1. The maximum atomic E-state index is 10.6. The molecule has 1 fully saturated rings. The molecule has 0 radical (unpaired) electrons. The molecule has 0 heterocycles. The van der Waals surface area contributed by atoms with Gasteiger partial charge in [0, 0.05) is 6.42 Å². The lowest BCUT2D eigenvalue weighted by Crippen LogP contribution is -2.02. The van der Waals surface area contributed by atoms with Gasteiger partial charge in [0.25, 0.3) is 0 Å². The van der Waals surface area contributed by atoms with E-state index < -0.39 is 0 Å². The molecule has 0 aromatic rings. The van der Waals surface area contributed by atoms with Crippen molar-refractivity contribution in [1.29, 1.82) is 0 Å². The van der Waals surface area contributed by atoms with Crippen LogP contribution in [0.15, 0.2) is 0 Å². The average molecular weight is 149 g/mol. The lowest BCUT2D eigenvalue weighted by Gasteiger charge is -1.96. The second-order valence-corrected chi connectivity index (χ2v) is 2.49. The molecular weight excluding hydrogens is 140 g/mol. The van der Waals surface area contributed by atoms with Crippen molar-refractivity contribution < 1.29 is 9.53 Å². The van der Waals surface area contributed by atoms with E-state index in [0.29, 0.717) is 12.3 Å². The van der Waals surface area contributed by atoms with E-state index in [1.54, 1.807) is 0 Å². The van der Waals surface area contributed by atoms with Crippen molar-refractivity contribution in [2.75, 3.05) is 6.07 Å². The normalized spacial score (nSPS) is 17.4. The first-order valence-electron chi connectivity index (χ1n) is 3.04. The standard InChI is InChI=1S/C6H9ClO2/c7-4-9-6(8)3-5-1-2-5/h5H,1-4H2. The molecule has 0 aromatic heterocycles. The molecule has 0 aromatic carbocycles. The van der Waals surface area contributed by atoms with Crippen LogP contribution in [0.25, 0.3) is 0 Å². The summed E-state index contributed by atoms with van der Waals surface area (Å²) in [5.74, 6) is 0.438. The molecular formula is C6H9ClO2. The molecule has 1 aliphatic carbocycles. The second-order valence-electron chi connectivity index (χ2n) is 2.27. The minimum absolute atomic E-state index is 0.00838. The highest BCUT2D eigenvalue weighted by Crippen LogP contribution is 2.32. The third-order valence-electron chi connectivity index (χ3n) is 1.37. The predicted octanol–water partition coefficient (Wildman–Crippen LogP) is 1.53. The molecule has 3 heteroatoms. The van der Waals surface area contributed by atoms with Crippen molar-refractivity contribution in [3.05, 3.63) is 0 Å². The van der Waals surface area contributed by atoms with Crippen LogP contribution in [0.1, 0.15) is 19.3 Å². The fraction of sp³-hybridized carbons (Fsp3) is 0.833. The van der Waals surface area contributed by atoms with Gasteiger partial charge in [0.1, 0.15) is 0 Å². The van der Waals surface area contributed by atoms with Gasteiger partial charge in [0.05, 0.1) is 0 Å². The highest BCUT2D eigenvalue weighted by Gasteiger charge is 2.24. The fourth-order valence-corrected chi connectivity index (χ4v) is 0.799. The molecule has 0 atom stereocenters. The lowest BCUT2D eigenvalue weighted by atomic mass is 10.3. The van der Waals surface area contributed by atoms with E-state index in [1.807, 2.05) is 0 Å².